The Hall–Kier alpha value is -4.46. The summed E-state index contributed by atoms with van der Waals surface area (Å²) in [6, 6.07) is 16.9. The van der Waals surface area contributed by atoms with Crippen LogP contribution in [0.4, 0.5) is 24.5 Å². The van der Waals surface area contributed by atoms with Gasteiger partial charge in [-0.2, -0.15) is 13.2 Å². The Morgan fingerprint density at radius 2 is 1.64 bits per heavy atom. The summed E-state index contributed by atoms with van der Waals surface area (Å²) >= 11 is 0. The lowest BCUT2D eigenvalue weighted by atomic mass is 9.91. The summed E-state index contributed by atoms with van der Waals surface area (Å²) in [5.74, 6) is -0.116. The number of nitrogens with zero attached hydrogens (tertiary/aromatic N) is 2. The number of fused-ring (bicyclic) bond motifs is 1. The first-order chi connectivity index (χ1) is 21.4. The van der Waals surface area contributed by atoms with E-state index in [1.54, 1.807) is 48.5 Å². The van der Waals surface area contributed by atoms with E-state index in [1.165, 1.54) is 30.5 Å². The lowest BCUT2D eigenvalue weighted by Gasteiger charge is -2.29. The number of sulfonamides is 1. The third-order valence-corrected chi connectivity index (χ3v) is 7.68. The second-order valence-electron chi connectivity index (χ2n) is 10.3. The molecule has 0 aliphatic carbocycles. The van der Waals surface area contributed by atoms with Crippen molar-refractivity contribution < 1.29 is 40.6 Å². The number of hydrogen-bond donors (Lipinski definition) is 1. The van der Waals surface area contributed by atoms with Crippen molar-refractivity contribution in [1.29, 1.82) is 0 Å². The van der Waals surface area contributed by atoms with Gasteiger partial charge in [-0.25, -0.2) is 8.42 Å². The molecular weight excluding hydrogens is 611 g/mol. The molecule has 0 spiro atoms. The van der Waals surface area contributed by atoms with Crippen LogP contribution >= 0.6 is 0 Å². The van der Waals surface area contributed by atoms with E-state index in [9.17, 15) is 26.4 Å². The van der Waals surface area contributed by atoms with Gasteiger partial charge in [-0.1, -0.05) is 12.1 Å². The molecule has 4 aromatic rings. The minimum Gasteiger partial charge on any atom is -0.465 e. The second kappa shape index (κ2) is 13.3. The summed E-state index contributed by atoms with van der Waals surface area (Å²) < 4.78 is 83.9. The molecule has 0 saturated carbocycles. The molecule has 0 unspecified atom stereocenters. The molecule has 0 fully saturated rings. The highest BCUT2D eigenvalue weighted by Gasteiger charge is 2.32. The number of aromatic nitrogens is 1. The topological polar surface area (TPSA) is 107 Å². The van der Waals surface area contributed by atoms with E-state index in [4.69, 9.17) is 14.2 Å². The van der Waals surface area contributed by atoms with Crippen molar-refractivity contribution in [3.8, 4) is 28.0 Å². The molecule has 1 aliphatic rings. The van der Waals surface area contributed by atoms with Gasteiger partial charge in [-0.15, -0.1) is 0 Å². The maximum absolute atomic E-state index is 13.8. The van der Waals surface area contributed by atoms with Crippen LogP contribution in [0.2, 0.25) is 0 Å². The van der Waals surface area contributed by atoms with Crippen LogP contribution in [0.5, 0.6) is 5.75 Å². The number of hydrogen-bond acceptors (Lipinski definition) is 7. The summed E-state index contributed by atoms with van der Waals surface area (Å²) in [4.78, 5) is 19.1. The highest BCUT2D eigenvalue weighted by atomic mass is 32.2. The molecule has 0 radical (unpaired) electrons. The van der Waals surface area contributed by atoms with Crippen molar-refractivity contribution in [2.45, 2.75) is 12.6 Å². The van der Waals surface area contributed by atoms with E-state index in [1.807, 2.05) is 0 Å². The van der Waals surface area contributed by atoms with Crippen molar-refractivity contribution in [2.24, 2.45) is 0 Å². The van der Waals surface area contributed by atoms with Crippen molar-refractivity contribution in [3.05, 3.63) is 95.8 Å². The largest absolute Gasteiger partial charge is 0.465 e. The molecule has 1 amide bonds. The zero-order chi connectivity index (χ0) is 32.2. The first-order valence-corrected chi connectivity index (χ1v) is 15.7. The zero-order valence-corrected chi connectivity index (χ0v) is 25.2. The van der Waals surface area contributed by atoms with Crippen molar-refractivity contribution in [2.75, 3.05) is 49.5 Å². The zero-order valence-electron chi connectivity index (χ0n) is 24.4. The number of ether oxygens (including phenoxy) is 3. The van der Waals surface area contributed by atoms with Gasteiger partial charge in [0, 0.05) is 37.3 Å². The van der Waals surface area contributed by atoms with Crippen LogP contribution in [-0.2, 0) is 32.1 Å². The van der Waals surface area contributed by atoms with Gasteiger partial charge in [0.1, 0.15) is 5.75 Å². The van der Waals surface area contributed by atoms with Gasteiger partial charge >= 0.3 is 6.18 Å². The molecular formula is C32H30F3N3O6S. The van der Waals surface area contributed by atoms with Crippen molar-refractivity contribution >= 4 is 27.3 Å². The Morgan fingerprint density at radius 3 is 2.33 bits per heavy atom. The molecule has 45 heavy (non-hydrogen) atoms. The van der Waals surface area contributed by atoms with Gasteiger partial charge in [0.05, 0.1) is 30.7 Å². The Kier molecular flexibility index (Phi) is 9.42. The molecule has 2 heterocycles. The average Bonchev–Trinajstić information content (AvgIpc) is 3.00. The van der Waals surface area contributed by atoms with Gasteiger partial charge in [-0.05, 0) is 88.8 Å². The summed E-state index contributed by atoms with van der Waals surface area (Å²) in [6.07, 6.45) is -0.0877. The van der Waals surface area contributed by atoms with Crippen molar-refractivity contribution in [3.63, 3.8) is 0 Å². The number of halogens is 3. The molecule has 1 N–H and O–H groups in total. The predicted octanol–water partition coefficient (Wildman–Crippen LogP) is 6.01. The standard InChI is InChI=1S/C32H30F3N3O6S/c1-42-13-14-43-20-44-30-6-4-27(19-29(30)37-45(2,40)41)38-12-9-23-15-22(3-5-28(23)31(38)39)25-16-24(21-7-10-36-11-8-21)17-26(18-25)32(33,34)35/h3-8,10-11,15-19,37H,9,12-14,20H2,1-2H3. The highest BCUT2D eigenvalue weighted by Crippen LogP contribution is 2.38. The van der Waals surface area contributed by atoms with Crippen LogP contribution in [0.15, 0.2) is 79.1 Å². The molecule has 236 valence electrons. The first kappa shape index (κ1) is 31.9. The second-order valence-corrected chi connectivity index (χ2v) is 12.1. The number of rotatable bonds is 11. The number of carbonyl (C=O) groups excluding carboxylic acids is 1. The molecule has 0 bridgehead atoms. The van der Waals surface area contributed by atoms with E-state index in [0.717, 1.165) is 18.4 Å². The van der Waals surface area contributed by atoms with E-state index in [0.29, 0.717) is 52.1 Å². The Morgan fingerprint density at radius 1 is 0.911 bits per heavy atom. The van der Waals surface area contributed by atoms with Crippen molar-refractivity contribution in [1.82, 2.24) is 4.98 Å². The summed E-state index contributed by atoms with van der Waals surface area (Å²) in [5.41, 5.74) is 2.80. The molecule has 9 nitrogen and oxygen atoms in total. The molecule has 3 aromatic carbocycles. The number of benzene rings is 3. The number of anilines is 2. The van der Waals surface area contributed by atoms with Gasteiger partial charge < -0.3 is 19.1 Å². The monoisotopic (exact) mass is 641 g/mol. The molecule has 1 aliphatic heterocycles. The average molecular weight is 642 g/mol. The van der Waals surface area contributed by atoms with Crippen LogP contribution in [0.1, 0.15) is 21.5 Å². The Bertz CT molecular complexity index is 1800. The fourth-order valence-electron chi connectivity index (χ4n) is 4.98. The van der Waals surface area contributed by atoms with Gasteiger partial charge in [-0.3, -0.25) is 14.5 Å². The number of pyridine rings is 1. The minimum atomic E-state index is -4.55. The number of nitrogens with one attached hydrogen (secondary N) is 1. The van der Waals surface area contributed by atoms with Gasteiger partial charge in [0.15, 0.2) is 6.79 Å². The number of methoxy groups -OCH3 is 1. The first-order valence-electron chi connectivity index (χ1n) is 13.8. The number of alkyl halides is 3. The molecule has 0 atom stereocenters. The summed E-state index contributed by atoms with van der Waals surface area (Å²) in [6.45, 7) is 0.768. The van der Waals surface area contributed by atoms with Crippen LogP contribution in [0.25, 0.3) is 22.3 Å². The van der Waals surface area contributed by atoms with Crippen LogP contribution < -0.4 is 14.4 Å². The van der Waals surface area contributed by atoms with Crippen LogP contribution in [0, 0.1) is 0 Å². The fourth-order valence-corrected chi connectivity index (χ4v) is 5.54. The summed E-state index contributed by atoms with van der Waals surface area (Å²) in [7, 11) is -2.15. The highest BCUT2D eigenvalue weighted by molar-refractivity contribution is 7.92. The summed E-state index contributed by atoms with van der Waals surface area (Å²) in [5, 5.41) is 0. The molecule has 1 aromatic heterocycles. The SMILES string of the molecule is COCCOCOc1ccc(N2CCc3cc(-c4cc(-c5ccncc5)cc(C(F)(F)F)c4)ccc3C2=O)cc1NS(C)(=O)=O. The molecule has 13 heteroatoms. The van der Waals surface area contributed by atoms with E-state index < -0.39 is 21.8 Å². The third kappa shape index (κ3) is 7.80. The Labute approximate surface area is 258 Å². The fraction of sp³-hybridized carbons (Fsp3) is 0.250. The lowest BCUT2D eigenvalue weighted by molar-refractivity contribution is -0.137. The van der Waals surface area contributed by atoms with E-state index in [-0.39, 0.29) is 37.3 Å². The smallest absolute Gasteiger partial charge is 0.416 e. The van der Waals surface area contributed by atoms with Gasteiger partial charge in [0.25, 0.3) is 5.91 Å². The predicted molar refractivity (Wildman–Crippen MR) is 164 cm³/mol. The number of amides is 1. The Balaban J connectivity index is 1.43. The normalized spacial score (nSPS) is 13.4. The van der Waals surface area contributed by atoms with E-state index in [2.05, 4.69) is 9.71 Å². The maximum atomic E-state index is 13.8. The molecule has 5 rings (SSSR count). The molecule has 0 saturated heterocycles. The van der Waals surface area contributed by atoms with E-state index >= 15 is 0 Å². The lowest BCUT2D eigenvalue weighted by Crippen LogP contribution is -2.37. The maximum Gasteiger partial charge on any atom is 0.416 e. The minimum absolute atomic E-state index is 0.133. The quantitative estimate of drug-likeness (QED) is 0.158. The third-order valence-electron chi connectivity index (χ3n) is 7.09. The van der Waals surface area contributed by atoms with Crippen LogP contribution in [-0.4, -0.2) is 59.2 Å². The van der Waals surface area contributed by atoms with Crippen LogP contribution in [0.3, 0.4) is 0 Å². The van der Waals surface area contributed by atoms with Gasteiger partial charge in [0.2, 0.25) is 10.0 Å². The number of carbonyl (C=O) groups is 1.